The van der Waals surface area contributed by atoms with Gasteiger partial charge in [-0.05, 0) is 31.5 Å². The van der Waals surface area contributed by atoms with Crippen molar-refractivity contribution in [3.05, 3.63) is 29.0 Å². The van der Waals surface area contributed by atoms with Crippen LogP contribution in [0.4, 0.5) is 0 Å². The smallest absolute Gasteiger partial charge is 0.257 e. The van der Waals surface area contributed by atoms with Gasteiger partial charge in [-0.15, -0.1) is 5.10 Å². The third-order valence-corrected chi connectivity index (χ3v) is 6.23. The number of H-pyrrole nitrogens is 1. The maximum atomic E-state index is 12.2. The number of thioether (sulfide) groups is 1. The van der Waals surface area contributed by atoms with Gasteiger partial charge in [0, 0.05) is 18.8 Å². The molecule has 3 N–H and O–H groups in total. The van der Waals surface area contributed by atoms with Crippen LogP contribution < -0.4 is 14.8 Å². The highest BCUT2D eigenvalue weighted by Crippen LogP contribution is 2.27. The molecule has 0 spiro atoms. The predicted octanol–water partition coefficient (Wildman–Crippen LogP) is 2.13. The average molecular weight is 462 g/mol. The van der Waals surface area contributed by atoms with E-state index in [4.69, 9.17) is 16.3 Å². The summed E-state index contributed by atoms with van der Waals surface area (Å²) in [6.07, 6.45) is 1.63. The largest absolute Gasteiger partial charge is 0.482 e. The molecule has 29 heavy (non-hydrogen) atoms. The number of unbranched alkanes of at least 4 members (excludes halogenated alkanes) is 1. The molecule has 0 aliphatic carbocycles. The lowest BCUT2D eigenvalue weighted by Gasteiger charge is -2.11. The molecule has 160 valence electrons. The van der Waals surface area contributed by atoms with Gasteiger partial charge in [-0.25, -0.2) is 18.1 Å². The molecule has 0 aliphatic heterocycles. The quantitative estimate of drug-likeness (QED) is 0.326. The maximum Gasteiger partial charge on any atom is 0.257 e. The summed E-state index contributed by atoms with van der Waals surface area (Å²) in [4.78, 5) is 16.1. The van der Waals surface area contributed by atoms with Crippen molar-refractivity contribution in [2.45, 2.75) is 36.7 Å². The number of carbonyl (C=O) groups excluding carboxylic acids is 1. The summed E-state index contributed by atoms with van der Waals surface area (Å²) in [5.41, 5.74) is 0. The molecule has 0 radical (unpaired) electrons. The zero-order valence-electron chi connectivity index (χ0n) is 16.2. The number of amides is 1. The van der Waals surface area contributed by atoms with Gasteiger partial charge in [0.05, 0.1) is 9.92 Å². The minimum atomic E-state index is -3.62. The molecule has 1 aromatic carbocycles. The van der Waals surface area contributed by atoms with Crippen molar-refractivity contribution in [2.75, 3.05) is 25.4 Å². The predicted molar refractivity (Wildman–Crippen MR) is 112 cm³/mol. The second kappa shape index (κ2) is 11.4. The van der Waals surface area contributed by atoms with Crippen LogP contribution in [-0.2, 0) is 14.8 Å². The van der Waals surface area contributed by atoms with Crippen molar-refractivity contribution in [1.82, 2.24) is 25.2 Å². The number of hydrogen-bond donors (Lipinski definition) is 3. The second-order valence-corrected chi connectivity index (χ2v) is 9.27. The van der Waals surface area contributed by atoms with Crippen LogP contribution in [0.1, 0.15) is 25.6 Å². The van der Waals surface area contributed by atoms with Gasteiger partial charge in [0.15, 0.2) is 6.61 Å². The summed E-state index contributed by atoms with van der Waals surface area (Å²) in [6, 6.07) is 4.13. The number of halogens is 1. The van der Waals surface area contributed by atoms with Gasteiger partial charge in [-0.2, -0.15) is 0 Å². The second-order valence-electron chi connectivity index (χ2n) is 6.03. The summed E-state index contributed by atoms with van der Waals surface area (Å²) >= 11 is 7.53. The molecule has 12 heteroatoms. The van der Waals surface area contributed by atoms with Crippen LogP contribution >= 0.6 is 23.4 Å². The number of aryl methyl sites for hydroxylation is 1. The Bertz CT molecular complexity index is 920. The molecular formula is C17H24ClN5O4S2. The van der Waals surface area contributed by atoms with Crippen LogP contribution in [0.15, 0.2) is 28.3 Å². The number of carbonyl (C=O) groups is 1. The van der Waals surface area contributed by atoms with Crippen molar-refractivity contribution in [2.24, 2.45) is 0 Å². The average Bonchev–Trinajstić information content (AvgIpc) is 3.09. The highest BCUT2D eigenvalue weighted by molar-refractivity contribution is 7.99. The van der Waals surface area contributed by atoms with Crippen molar-refractivity contribution in [3.8, 4) is 5.75 Å². The molecule has 1 amide bonds. The first-order valence-electron chi connectivity index (χ1n) is 9.02. The fourth-order valence-electron chi connectivity index (χ4n) is 2.15. The molecule has 0 unspecified atom stereocenters. The van der Waals surface area contributed by atoms with E-state index >= 15 is 0 Å². The number of aromatic amines is 1. The molecule has 0 aliphatic rings. The van der Waals surface area contributed by atoms with Crippen LogP contribution in [0.25, 0.3) is 0 Å². The van der Waals surface area contributed by atoms with E-state index in [1.54, 1.807) is 0 Å². The summed E-state index contributed by atoms with van der Waals surface area (Å²) in [7, 11) is -3.62. The normalized spacial score (nSPS) is 11.4. The molecule has 1 heterocycles. The summed E-state index contributed by atoms with van der Waals surface area (Å²) < 4.78 is 32.3. The van der Waals surface area contributed by atoms with E-state index in [9.17, 15) is 13.2 Å². The molecule has 2 aromatic rings. The van der Waals surface area contributed by atoms with Crippen LogP contribution in [0.5, 0.6) is 5.75 Å². The van der Waals surface area contributed by atoms with Gasteiger partial charge < -0.3 is 10.1 Å². The van der Waals surface area contributed by atoms with Crippen molar-refractivity contribution < 1.29 is 17.9 Å². The van der Waals surface area contributed by atoms with E-state index in [0.29, 0.717) is 24.0 Å². The first-order valence-corrected chi connectivity index (χ1v) is 11.9. The van der Waals surface area contributed by atoms with Crippen molar-refractivity contribution >= 4 is 39.3 Å². The first kappa shape index (κ1) is 23.5. The Balaban J connectivity index is 1.77. The fraction of sp³-hybridized carbons (Fsp3) is 0.471. The number of hydrogen-bond acceptors (Lipinski definition) is 7. The number of nitrogens with zero attached hydrogens (tertiary/aromatic N) is 2. The fourth-order valence-corrected chi connectivity index (χ4v) is 4.24. The molecule has 0 atom stereocenters. The molecular weight excluding hydrogens is 438 g/mol. The van der Waals surface area contributed by atoms with Crippen LogP contribution in [0.3, 0.4) is 0 Å². The molecule has 0 bridgehead atoms. The van der Waals surface area contributed by atoms with Crippen molar-refractivity contribution in [1.29, 1.82) is 0 Å². The third-order valence-electron chi connectivity index (χ3n) is 3.63. The van der Waals surface area contributed by atoms with Gasteiger partial charge in [-0.1, -0.05) is 36.7 Å². The first-order chi connectivity index (χ1) is 13.8. The lowest BCUT2D eigenvalue weighted by Crippen LogP contribution is -2.30. The summed E-state index contributed by atoms with van der Waals surface area (Å²) in [5.74, 6) is 1.27. The highest BCUT2D eigenvalue weighted by Gasteiger charge is 2.16. The van der Waals surface area contributed by atoms with Crippen LogP contribution in [0.2, 0.25) is 5.02 Å². The SMILES string of the molecule is CCCCNS(=O)(=O)c1ccc(OCC(=O)NCCSc2n[nH]c(C)n2)c(Cl)c1. The number of rotatable bonds is 12. The standard InChI is InChI=1S/C17H24ClN5O4S2/c1-3-4-7-20-29(25,26)13-5-6-15(14(18)10-13)27-11-16(24)19-8-9-28-17-21-12(2)22-23-17/h5-6,10,20H,3-4,7-9,11H2,1-2H3,(H,19,24)(H,21,22,23). The topological polar surface area (TPSA) is 126 Å². The van der Waals surface area contributed by atoms with Gasteiger partial charge in [0.1, 0.15) is 11.6 Å². The van der Waals surface area contributed by atoms with E-state index in [1.165, 1.54) is 30.0 Å². The van der Waals surface area contributed by atoms with Gasteiger partial charge >= 0.3 is 0 Å². The monoisotopic (exact) mass is 461 g/mol. The molecule has 1 aromatic heterocycles. The van der Waals surface area contributed by atoms with Crippen LogP contribution in [0, 0.1) is 6.92 Å². The minimum Gasteiger partial charge on any atom is -0.482 e. The molecule has 2 rings (SSSR count). The Hall–Kier alpha value is -1.82. The number of benzene rings is 1. The van der Waals surface area contributed by atoms with E-state index in [0.717, 1.165) is 18.7 Å². The Morgan fingerprint density at radius 3 is 2.79 bits per heavy atom. The van der Waals surface area contributed by atoms with E-state index < -0.39 is 10.0 Å². The van der Waals surface area contributed by atoms with E-state index in [2.05, 4.69) is 25.2 Å². The molecule has 0 saturated heterocycles. The van der Waals surface area contributed by atoms with Gasteiger partial charge in [0.25, 0.3) is 5.91 Å². The summed E-state index contributed by atoms with van der Waals surface area (Å²) in [5, 5.41) is 10.2. The zero-order chi connectivity index (χ0) is 21.3. The Morgan fingerprint density at radius 2 is 2.14 bits per heavy atom. The number of aromatic nitrogens is 3. The highest BCUT2D eigenvalue weighted by atomic mass is 35.5. The Labute approximate surface area is 179 Å². The van der Waals surface area contributed by atoms with E-state index in [1.807, 2.05) is 13.8 Å². The van der Waals surface area contributed by atoms with E-state index in [-0.39, 0.29) is 28.2 Å². The molecule has 0 saturated carbocycles. The lowest BCUT2D eigenvalue weighted by molar-refractivity contribution is -0.122. The Kier molecular flexibility index (Phi) is 9.21. The van der Waals surface area contributed by atoms with Gasteiger partial charge in [0.2, 0.25) is 15.2 Å². The number of ether oxygens (including phenoxy) is 1. The maximum absolute atomic E-state index is 12.2. The van der Waals surface area contributed by atoms with Gasteiger partial charge in [-0.3, -0.25) is 9.89 Å². The van der Waals surface area contributed by atoms with Crippen molar-refractivity contribution in [3.63, 3.8) is 0 Å². The lowest BCUT2D eigenvalue weighted by atomic mass is 10.3. The van der Waals surface area contributed by atoms with Crippen LogP contribution in [-0.4, -0.2) is 55.0 Å². The Morgan fingerprint density at radius 1 is 1.34 bits per heavy atom. The number of sulfonamides is 1. The zero-order valence-corrected chi connectivity index (χ0v) is 18.6. The molecule has 0 fully saturated rings. The number of nitrogens with one attached hydrogen (secondary N) is 3. The molecule has 9 nitrogen and oxygen atoms in total. The third kappa shape index (κ3) is 7.84. The minimum absolute atomic E-state index is 0.0506. The summed E-state index contributed by atoms with van der Waals surface area (Å²) in [6.45, 7) is 4.35.